The first-order valence-corrected chi connectivity index (χ1v) is 5.38. The Morgan fingerprint density at radius 1 is 1.77 bits per heavy atom. The molecule has 2 heterocycles. The summed E-state index contributed by atoms with van der Waals surface area (Å²) in [6, 6.07) is -0.0255. The van der Waals surface area contributed by atoms with Gasteiger partial charge in [0.15, 0.2) is 0 Å². The third kappa shape index (κ3) is 1.61. The van der Waals surface area contributed by atoms with Crippen molar-refractivity contribution in [2.75, 3.05) is 6.61 Å². The van der Waals surface area contributed by atoms with E-state index in [9.17, 15) is 0 Å². The Morgan fingerprint density at radius 3 is 3.15 bits per heavy atom. The first-order chi connectivity index (χ1) is 6.22. The van der Waals surface area contributed by atoms with Gasteiger partial charge in [-0.15, -0.1) is 11.3 Å². The first kappa shape index (κ1) is 9.12. The van der Waals surface area contributed by atoms with Crippen molar-refractivity contribution in [3.8, 4) is 0 Å². The number of thiazole rings is 1. The number of ether oxygens (including phenoxy) is 1. The Bertz CT molecular complexity index is 267. The number of nitrogens with zero attached hydrogens (tertiary/aromatic N) is 1. The lowest BCUT2D eigenvalue weighted by molar-refractivity contribution is -0.000913. The molecule has 0 aromatic carbocycles. The van der Waals surface area contributed by atoms with E-state index in [1.807, 2.05) is 11.7 Å². The third-order valence-electron chi connectivity index (χ3n) is 2.67. The Balaban J connectivity index is 2.16. The lowest BCUT2D eigenvalue weighted by Crippen LogP contribution is -2.37. The predicted octanol–water partition coefficient (Wildman–Crippen LogP) is 1.71. The lowest BCUT2D eigenvalue weighted by Gasteiger charge is -2.29. The maximum Gasteiger partial charge on any atom is 0.0855 e. The van der Waals surface area contributed by atoms with E-state index in [1.54, 1.807) is 11.3 Å². The molecule has 2 rings (SSSR count). The van der Waals surface area contributed by atoms with Crippen LogP contribution in [-0.4, -0.2) is 17.2 Å². The minimum Gasteiger partial charge on any atom is -0.373 e. The molecule has 4 heteroatoms. The van der Waals surface area contributed by atoms with Crippen LogP contribution < -0.4 is 5.73 Å². The monoisotopic (exact) mass is 198 g/mol. The minimum atomic E-state index is -0.174. The summed E-state index contributed by atoms with van der Waals surface area (Å²) < 4.78 is 5.68. The van der Waals surface area contributed by atoms with Crippen molar-refractivity contribution in [3.05, 3.63) is 16.6 Å². The second-order valence-electron chi connectivity index (χ2n) is 3.65. The van der Waals surface area contributed by atoms with Crippen LogP contribution in [-0.2, 0) is 4.74 Å². The number of hydrogen-bond acceptors (Lipinski definition) is 4. The normalized spacial score (nSPS) is 30.6. The highest BCUT2D eigenvalue weighted by atomic mass is 32.1. The van der Waals surface area contributed by atoms with E-state index in [-0.39, 0.29) is 11.6 Å². The quantitative estimate of drug-likeness (QED) is 0.787. The molecule has 0 spiro atoms. The summed E-state index contributed by atoms with van der Waals surface area (Å²) in [5.74, 6) is 0. The van der Waals surface area contributed by atoms with Gasteiger partial charge < -0.3 is 10.5 Å². The SMILES string of the molecule is CC1(C(N)c2cncs2)CCCO1. The average Bonchev–Trinajstić information content (AvgIpc) is 2.73. The van der Waals surface area contributed by atoms with Gasteiger partial charge in [-0.2, -0.15) is 0 Å². The van der Waals surface area contributed by atoms with E-state index in [1.165, 1.54) is 0 Å². The van der Waals surface area contributed by atoms with E-state index in [0.717, 1.165) is 24.3 Å². The summed E-state index contributed by atoms with van der Waals surface area (Å²) in [7, 11) is 0. The molecule has 2 N–H and O–H groups in total. The molecule has 1 saturated heterocycles. The van der Waals surface area contributed by atoms with E-state index >= 15 is 0 Å². The Morgan fingerprint density at radius 2 is 2.62 bits per heavy atom. The molecular weight excluding hydrogens is 184 g/mol. The zero-order valence-corrected chi connectivity index (χ0v) is 8.51. The zero-order chi connectivity index (χ0) is 9.31. The summed E-state index contributed by atoms with van der Waals surface area (Å²) >= 11 is 1.60. The van der Waals surface area contributed by atoms with Gasteiger partial charge in [-0.05, 0) is 19.8 Å². The smallest absolute Gasteiger partial charge is 0.0855 e. The molecule has 2 atom stereocenters. The van der Waals surface area contributed by atoms with E-state index in [0.29, 0.717) is 0 Å². The van der Waals surface area contributed by atoms with Crippen molar-refractivity contribution >= 4 is 11.3 Å². The van der Waals surface area contributed by atoms with Gasteiger partial charge in [0.25, 0.3) is 0 Å². The molecule has 1 aliphatic rings. The van der Waals surface area contributed by atoms with Crippen LogP contribution in [0.4, 0.5) is 0 Å². The average molecular weight is 198 g/mol. The number of aromatic nitrogens is 1. The van der Waals surface area contributed by atoms with Crippen LogP contribution >= 0.6 is 11.3 Å². The molecule has 0 bridgehead atoms. The van der Waals surface area contributed by atoms with Gasteiger partial charge in [0.05, 0.1) is 17.2 Å². The van der Waals surface area contributed by atoms with E-state index in [2.05, 4.69) is 11.9 Å². The molecule has 1 aliphatic heterocycles. The molecular formula is C9H14N2OS. The van der Waals surface area contributed by atoms with Crippen LogP contribution in [0, 0.1) is 0 Å². The molecule has 72 valence electrons. The van der Waals surface area contributed by atoms with Gasteiger partial charge in [0.2, 0.25) is 0 Å². The molecule has 0 saturated carbocycles. The van der Waals surface area contributed by atoms with Crippen molar-refractivity contribution in [3.63, 3.8) is 0 Å². The molecule has 1 aromatic heterocycles. The highest BCUT2D eigenvalue weighted by Gasteiger charge is 2.37. The summed E-state index contributed by atoms with van der Waals surface area (Å²) in [6.45, 7) is 2.92. The zero-order valence-electron chi connectivity index (χ0n) is 7.69. The number of nitrogens with two attached hydrogens (primary N) is 1. The summed E-state index contributed by atoms with van der Waals surface area (Å²) in [5.41, 5.74) is 7.76. The second kappa shape index (κ2) is 3.36. The molecule has 13 heavy (non-hydrogen) atoms. The molecule has 0 amide bonds. The summed E-state index contributed by atoms with van der Waals surface area (Å²) in [6.07, 6.45) is 4.00. The van der Waals surface area contributed by atoms with Gasteiger partial charge in [0, 0.05) is 17.7 Å². The van der Waals surface area contributed by atoms with Crippen LogP contribution in [0.5, 0.6) is 0 Å². The van der Waals surface area contributed by atoms with Crippen LogP contribution in [0.2, 0.25) is 0 Å². The maximum absolute atomic E-state index is 6.12. The largest absolute Gasteiger partial charge is 0.373 e. The van der Waals surface area contributed by atoms with E-state index < -0.39 is 0 Å². The van der Waals surface area contributed by atoms with Crippen molar-refractivity contribution in [1.29, 1.82) is 0 Å². The molecule has 2 unspecified atom stereocenters. The standard InChI is InChI=1S/C9H14N2OS/c1-9(3-2-4-12-9)8(10)7-5-11-6-13-7/h5-6,8H,2-4,10H2,1H3. The van der Waals surface area contributed by atoms with Crippen LogP contribution in [0.25, 0.3) is 0 Å². The third-order valence-corrected chi connectivity index (χ3v) is 3.52. The summed E-state index contributed by atoms with van der Waals surface area (Å²) in [4.78, 5) is 5.14. The fourth-order valence-corrected chi connectivity index (χ4v) is 2.49. The molecule has 0 aliphatic carbocycles. The van der Waals surface area contributed by atoms with Crippen molar-refractivity contribution in [1.82, 2.24) is 4.98 Å². The second-order valence-corrected chi connectivity index (χ2v) is 4.56. The topological polar surface area (TPSA) is 48.1 Å². The first-order valence-electron chi connectivity index (χ1n) is 4.50. The lowest BCUT2D eigenvalue weighted by atomic mass is 9.93. The highest BCUT2D eigenvalue weighted by molar-refractivity contribution is 7.09. The van der Waals surface area contributed by atoms with Gasteiger partial charge in [-0.3, -0.25) is 4.98 Å². The fourth-order valence-electron chi connectivity index (χ4n) is 1.73. The Hall–Kier alpha value is -0.450. The molecule has 1 fully saturated rings. The number of hydrogen-bond donors (Lipinski definition) is 1. The number of rotatable bonds is 2. The van der Waals surface area contributed by atoms with Crippen LogP contribution in [0.15, 0.2) is 11.7 Å². The highest BCUT2D eigenvalue weighted by Crippen LogP contribution is 2.36. The van der Waals surface area contributed by atoms with E-state index in [4.69, 9.17) is 10.5 Å². The molecule has 3 nitrogen and oxygen atoms in total. The van der Waals surface area contributed by atoms with Gasteiger partial charge >= 0.3 is 0 Å². The minimum absolute atomic E-state index is 0.0255. The molecule has 0 radical (unpaired) electrons. The van der Waals surface area contributed by atoms with Crippen molar-refractivity contribution in [2.45, 2.75) is 31.4 Å². The fraction of sp³-hybridized carbons (Fsp3) is 0.667. The molecule has 1 aromatic rings. The van der Waals surface area contributed by atoms with Crippen LogP contribution in [0.3, 0.4) is 0 Å². The Kier molecular flexibility index (Phi) is 2.36. The van der Waals surface area contributed by atoms with Crippen molar-refractivity contribution in [2.24, 2.45) is 5.73 Å². The maximum atomic E-state index is 6.12. The Labute approximate surface area is 81.9 Å². The van der Waals surface area contributed by atoms with Crippen molar-refractivity contribution < 1.29 is 4.74 Å². The van der Waals surface area contributed by atoms with Crippen LogP contribution in [0.1, 0.15) is 30.7 Å². The van der Waals surface area contributed by atoms with Gasteiger partial charge in [-0.1, -0.05) is 0 Å². The van der Waals surface area contributed by atoms with Gasteiger partial charge in [0.1, 0.15) is 0 Å². The van der Waals surface area contributed by atoms with Gasteiger partial charge in [-0.25, -0.2) is 0 Å². The summed E-state index contributed by atoms with van der Waals surface area (Å²) in [5, 5.41) is 0. The predicted molar refractivity (Wildman–Crippen MR) is 52.6 cm³/mol.